The smallest absolute Gasteiger partial charge is 0.261 e. The third-order valence-corrected chi connectivity index (χ3v) is 5.21. The molecule has 0 saturated carbocycles. The van der Waals surface area contributed by atoms with Gasteiger partial charge in [0.05, 0.1) is 30.0 Å². The molecule has 1 aliphatic rings. The van der Waals surface area contributed by atoms with Gasteiger partial charge < -0.3 is 14.8 Å². The first kappa shape index (κ1) is 19.4. The minimum atomic E-state index is -0.509. The number of ether oxygens (including phenoxy) is 2. The van der Waals surface area contributed by atoms with Crippen LogP contribution in [0.25, 0.3) is 0 Å². The number of amides is 1. The molecule has 0 radical (unpaired) electrons. The Morgan fingerprint density at radius 3 is 2.48 bits per heavy atom. The highest BCUT2D eigenvalue weighted by atomic mass is 35.5. The summed E-state index contributed by atoms with van der Waals surface area (Å²) in [6.07, 6.45) is 1.00. The first-order valence-corrected chi connectivity index (χ1v) is 9.51. The molecule has 0 saturated heterocycles. The van der Waals surface area contributed by atoms with Crippen LogP contribution in [0.3, 0.4) is 0 Å². The molecule has 0 fully saturated rings. The summed E-state index contributed by atoms with van der Waals surface area (Å²) >= 11 is 12.3. The van der Waals surface area contributed by atoms with Crippen LogP contribution in [0.5, 0.6) is 11.5 Å². The van der Waals surface area contributed by atoms with Gasteiger partial charge in [-0.2, -0.15) is 0 Å². The number of anilines is 2. The van der Waals surface area contributed by atoms with E-state index in [9.17, 15) is 4.79 Å². The molecule has 0 aliphatic carbocycles. The molecule has 1 aromatic heterocycles. The number of benzene rings is 2. The Labute approximate surface area is 178 Å². The molecule has 2 aromatic carbocycles. The Hall–Kier alpha value is -2.96. The summed E-state index contributed by atoms with van der Waals surface area (Å²) in [6.45, 7) is 0. The van der Waals surface area contributed by atoms with Crippen molar-refractivity contribution in [1.82, 2.24) is 4.98 Å². The van der Waals surface area contributed by atoms with Gasteiger partial charge in [-0.1, -0.05) is 41.4 Å². The zero-order valence-corrected chi connectivity index (χ0v) is 17.2. The highest BCUT2D eigenvalue weighted by molar-refractivity contribution is 6.32. The first-order valence-electron chi connectivity index (χ1n) is 8.75. The van der Waals surface area contributed by atoms with Crippen molar-refractivity contribution in [1.29, 1.82) is 0 Å². The predicted molar refractivity (Wildman–Crippen MR) is 113 cm³/mol. The average molecular weight is 430 g/mol. The van der Waals surface area contributed by atoms with Crippen molar-refractivity contribution < 1.29 is 14.3 Å². The minimum absolute atomic E-state index is 0.161. The summed E-state index contributed by atoms with van der Waals surface area (Å²) in [7, 11) is 3.09. The normalized spacial score (nSPS) is 15.2. The van der Waals surface area contributed by atoms with Gasteiger partial charge >= 0.3 is 0 Å². The Kier molecular flexibility index (Phi) is 5.22. The molecule has 1 N–H and O–H groups in total. The van der Waals surface area contributed by atoms with Crippen molar-refractivity contribution in [3.63, 3.8) is 0 Å². The van der Waals surface area contributed by atoms with Crippen LogP contribution in [-0.4, -0.2) is 25.1 Å². The van der Waals surface area contributed by atoms with E-state index in [-0.39, 0.29) is 5.91 Å². The lowest BCUT2D eigenvalue weighted by Gasteiger charge is -2.27. The molecule has 1 atom stereocenters. The van der Waals surface area contributed by atoms with Crippen LogP contribution < -0.4 is 19.7 Å². The zero-order chi connectivity index (χ0) is 20.5. The maximum absolute atomic E-state index is 13.1. The predicted octanol–water partition coefficient (Wildman–Crippen LogP) is 5.18. The molecule has 4 rings (SSSR count). The summed E-state index contributed by atoms with van der Waals surface area (Å²) in [5.41, 5.74) is 2.04. The molecule has 6 nitrogen and oxygen atoms in total. The summed E-state index contributed by atoms with van der Waals surface area (Å²) in [5.74, 6) is 1.35. The maximum atomic E-state index is 13.1. The topological polar surface area (TPSA) is 63.7 Å². The highest BCUT2D eigenvalue weighted by Gasteiger charge is 2.38. The van der Waals surface area contributed by atoms with Crippen LogP contribution in [0.1, 0.15) is 22.1 Å². The fourth-order valence-electron chi connectivity index (χ4n) is 3.33. The largest absolute Gasteiger partial charge is 0.495 e. The molecular weight excluding hydrogens is 413 g/mol. The number of carbonyl (C=O) groups is 1. The quantitative estimate of drug-likeness (QED) is 0.605. The zero-order valence-electron chi connectivity index (χ0n) is 15.6. The van der Waals surface area contributed by atoms with Gasteiger partial charge in [-0.15, -0.1) is 0 Å². The summed E-state index contributed by atoms with van der Waals surface area (Å²) in [5, 5.41) is 4.28. The molecule has 148 valence electrons. The molecule has 2 heterocycles. The molecule has 8 heteroatoms. The van der Waals surface area contributed by atoms with Gasteiger partial charge in [-0.3, -0.25) is 9.69 Å². The number of hydrogen-bond acceptors (Lipinski definition) is 5. The fraction of sp³-hybridized carbons (Fsp3) is 0.143. The van der Waals surface area contributed by atoms with E-state index in [2.05, 4.69) is 10.3 Å². The van der Waals surface area contributed by atoms with E-state index >= 15 is 0 Å². The number of pyridine rings is 1. The number of hydrogen-bond donors (Lipinski definition) is 1. The minimum Gasteiger partial charge on any atom is -0.495 e. The van der Waals surface area contributed by atoms with E-state index in [1.54, 1.807) is 42.3 Å². The lowest BCUT2D eigenvalue weighted by atomic mass is 10.1. The maximum Gasteiger partial charge on any atom is 0.261 e. The van der Waals surface area contributed by atoms with Crippen LogP contribution in [0.15, 0.2) is 54.7 Å². The second-order valence-electron chi connectivity index (χ2n) is 6.33. The van der Waals surface area contributed by atoms with Crippen molar-refractivity contribution in [2.75, 3.05) is 24.4 Å². The van der Waals surface area contributed by atoms with E-state index in [4.69, 9.17) is 32.7 Å². The van der Waals surface area contributed by atoms with Gasteiger partial charge in [0.1, 0.15) is 23.5 Å². The van der Waals surface area contributed by atoms with E-state index < -0.39 is 6.17 Å². The lowest BCUT2D eigenvalue weighted by molar-refractivity contribution is 0.0992. The lowest BCUT2D eigenvalue weighted by Crippen LogP contribution is -2.33. The van der Waals surface area contributed by atoms with Crippen LogP contribution in [0, 0.1) is 0 Å². The van der Waals surface area contributed by atoms with Crippen molar-refractivity contribution in [3.05, 3.63) is 75.9 Å². The Morgan fingerprint density at radius 1 is 1.03 bits per heavy atom. The van der Waals surface area contributed by atoms with E-state index in [0.717, 1.165) is 5.56 Å². The van der Waals surface area contributed by atoms with Crippen LogP contribution in [0.4, 0.5) is 11.5 Å². The number of fused-ring (bicyclic) bond motifs is 1. The van der Waals surface area contributed by atoms with E-state index in [1.807, 2.05) is 18.2 Å². The second-order valence-corrected chi connectivity index (χ2v) is 7.17. The van der Waals surface area contributed by atoms with Gasteiger partial charge in [-0.25, -0.2) is 4.98 Å². The highest BCUT2D eigenvalue weighted by Crippen LogP contribution is 2.42. The molecule has 29 heavy (non-hydrogen) atoms. The Morgan fingerprint density at radius 2 is 1.79 bits per heavy atom. The number of nitrogens with zero attached hydrogens (tertiary/aromatic N) is 2. The molecule has 0 spiro atoms. The fourth-order valence-corrected chi connectivity index (χ4v) is 3.68. The van der Waals surface area contributed by atoms with Crippen LogP contribution in [-0.2, 0) is 0 Å². The van der Waals surface area contributed by atoms with E-state index in [1.165, 1.54) is 13.3 Å². The Balaban J connectivity index is 1.80. The first-order chi connectivity index (χ1) is 14.0. The Bertz CT molecular complexity index is 1070. The molecule has 1 aliphatic heterocycles. The molecule has 1 unspecified atom stereocenters. The SMILES string of the molecule is COc1cc(OC)c(NC2c3ccccc3C(=O)N2c2ccc(Cl)cn2)cc1Cl. The van der Waals surface area contributed by atoms with Crippen LogP contribution in [0.2, 0.25) is 10.0 Å². The molecule has 3 aromatic rings. The van der Waals surface area contributed by atoms with Crippen molar-refractivity contribution in [2.45, 2.75) is 6.17 Å². The summed E-state index contributed by atoms with van der Waals surface area (Å²) in [6, 6.07) is 14.2. The summed E-state index contributed by atoms with van der Waals surface area (Å²) < 4.78 is 10.7. The monoisotopic (exact) mass is 429 g/mol. The van der Waals surface area contributed by atoms with Gasteiger partial charge in [0.25, 0.3) is 5.91 Å². The average Bonchev–Trinajstić information content (AvgIpc) is 3.01. The van der Waals surface area contributed by atoms with Gasteiger partial charge in [0.2, 0.25) is 0 Å². The van der Waals surface area contributed by atoms with Gasteiger partial charge in [-0.05, 0) is 24.3 Å². The standard InChI is InChI=1S/C21H17Cl2N3O3/c1-28-17-10-18(29-2)16(9-15(17)23)25-20-13-5-3-4-6-14(13)21(27)26(20)19-8-7-12(22)11-24-19/h3-11,20,25H,1-2H3. The van der Waals surface area contributed by atoms with Crippen molar-refractivity contribution in [3.8, 4) is 11.5 Å². The van der Waals surface area contributed by atoms with E-state index in [0.29, 0.717) is 38.6 Å². The third kappa shape index (κ3) is 3.45. The number of carbonyl (C=O) groups excluding carboxylic acids is 1. The van der Waals surface area contributed by atoms with Crippen molar-refractivity contribution in [2.24, 2.45) is 0 Å². The number of aromatic nitrogens is 1. The van der Waals surface area contributed by atoms with Gasteiger partial charge in [0.15, 0.2) is 0 Å². The number of halogens is 2. The molecular formula is C21H17Cl2N3O3. The molecule has 0 bridgehead atoms. The number of rotatable bonds is 5. The number of nitrogens with one attached hydrogen (secondary N) is 1. The van der Waals surface area contributed by atoms with Gasteiger partial charge in [0, 0.05) is 23.4 Å². The molecule has 1 amide bonds. The third-order valence-electron chi connectivity index (χ3n) is 4.69. The summed E-state index contributed by atoms with van der Waals surface area (Å²) in [4.78, 5) is 19.1. The van der Waals surface area contributed by atoms with Crippen molar-refractivity contribution >= 4 is 40.6 Å². The number of methoxy groups -OCH3 is 2. The second kappa shape index (κ2) is 7.81. The van der Waals surface area contributed by atoms with Crippen LogP contribution >= 0.6 is 23.2 Å².